The molecule has 4 rings (SSSR count). The fourth-order valence-electron chi connectivity index (χ4n) is 3.48. The van der Waals surface area contributed by atoms with E-state index in [1.54, 1.807) is 36.4 Å². The highest BCUT2D eigenvalue weighted by Crippen LogP contribution is 2.27. The second-order valence-corrected chi connectivity index (χ2v) is 10.6. The van der Waals surface area contributed by atoms with Gasteiger partial charge in [-0.1, -0.05) is 32.1 Å². The molecule has 3 N–H and O–H groups in total. The fourth-order valence-corrected chi connectivity index (χ4v) is 4.50. The number of anilines is 1. The van der Waals surface area contributed by atoms with Crippen LogP contribution in [0.3, 0.4) is 0 Å². The molecule has 2 aromatic heterocycles. The van der Waals surface area contributed by atoms with Gasteiger partial charge in [0.1, 0.15) is 10.7 Å². The maximum absolute atomic E-state index is 13.2. The number of amides is 3. The number of nitrogens with one attached hydrogen (secondary N) is 3. The van der Waals surface area contributed by atoms with Crippen molar-refractivity contribution in [2.75, 3.05) is 18.4 Å². The lowest BCUT2D eigenvalue weighted by molar-refractivity contribution is -0.123. The third-order valence-corrected chi connectivity index (χ3v) is 6.84. The van der Waals surface area contributed by atoms with E-state index in [1.807, 2.05) is 38.3 Å². The van der Waals surface area contributed by atoms with Gasteiger partial charge in [-0.15, -0.1) is 0 Å². The maximum atomic E-state index is 13.2. The third-order valence-electron chi connectivity index (χ3n) is 5.69. The number of benzene rings is 2. The molecule has 192 valence electrons. The van der Waals surface area contributed by atoms with E-state index in [2.05, 4.69) is 20.9 Å². The minimum absolute atomic E-state index is 0.108. The third kappa shape index (κ3) is 6.03. The molecule has 0 aliphatic carbocycles. The molecule has 0 saturated heterocycles. The van der Waals surface area contributed by atoms with E-state index in [-0.39, 0.29) is 36.6 Å². The Kier molecular flexibility index (Phi) is 7.40. The Morgan fingerprint density at radius 2 is 1.57 bits per heavy atom. The Morgan fingerprint density at radius 3 is 2.16 bits per heavy atom. The predicted molar refractivity (Wildman–Crippen MR) is 142 cm³/mol. The maximum Gasteiger partial charge on any atom is 0.263 e. The summed E-state index contributed by atoms with van der Waals surface area (Å²) < 4.78 is 15.0. The first-order valence-corrected chi connectivity index (χ1v) is 12.6. The Labute approximate surface area is 217 Å². The lowest BCUT2D eigenvalue weighted by Crippen LogP contribution is -2.34. The number of carbonyl (C=O) groups excluding carboxylic acids is 3. The summed E-state index contributed by atoms with van der Waals surface area (Å²) in [5.41, 5.74) is 2.80. The molecule has 0 unspecified atom stereocenters. The number of carbonyl (C=O) groups is 3. The van der Waals surface area contributed by atoms with Gasteiger partial charge in [-0.2, -0.15) is 0 Å². The van der Waals surface area contributed by atoms with Crippen LogP contribution in [0.25, 0.3) is 16.2 Å². The minimum Gasteiger partial charge on any atom is -0.350 e. The molecule has 0 spiro atoms. The van der Waals surface area contributed by atoms with Gasteiger partial charge in [0.05, 0.1) is 5.69 Å². The molecule has 37 heavy (non-hydrogen) atoms. The lowest BCUT2D eigenvalue weighted by atomic mass is 9.95. The number of hydrogen-bond donors (Lipinski definition) is 3. The largest absolute Gasteiger partial charge is 0.350 e. The Balaban J connectivity index is 1.28. The minimum atomic E-state index is -0.515. The van der Waals surface area contributed by atoms with Gasteiger partial charge in [0.2, 0.25) is 5.91 Å². The van der Waals surface area contributed by atoms with Crippen LogP contribution < -0.4 is 16.0 Å². The predicted octanol–water partition coefficient (Wildman–Crippen LogP) is 4.65. The second-order valence-electron chi connectivity index (χ2n) is 9.60. The quantitative estimate of drug-likeness (QED) is 0.308. The van der Waals surface area contributed by atoms with Gasteiger partial charge in [0, 0.05) is 47.2 Å². The van der Waals surface area contributed by atoms with Crippen molar-refractivity contribution in [3.8, 4) is 11.3 Å². The fraction of sp³-hybridized carbons (Fsp3) is 0.259. The van der Waals surface area contributed by atoms with E-state index < -0.39 is 5.41 Å². The molecule has 3 amide bonds. The van der Waals surface area contributed by atoms with Crippen molar-refractivity contribution in [1.29, 1.82) is 0 Å². The van der Waals surface area contributed by atoms with E-state index in [1.165, 1.54) is 23.5 Å². The highest BCUT2D eigenvalue weighted by molar-refractivity contribution is 7.19. The van der Waals surface area contributed by atoms with Gasteiger partial charge < -0.3 is 16.0 Å². The molecule has 0 aliphatic heterocycles. The van der Waals surface area contributed by atoms with Crippen LogP contribution in [0.1, 0.15) is 46.5 Å². The molecule has 0 aliphatic rings. The topological polar surface area (TPSA) is 105 Å². The van der Waals surface area contributed by atoms with Crippen LogP contribution in [-0.2, 0) is 4.79 Å². The van der Waals surface area contributed by atoms with Crippen LogP contribution in [0.2, 0.25) is 0 Å². The van der Waals surface area contributed by atoms with E-state index in [0.717, 1.165) is 11.3 Å². The zero-order valence-corrected chi connectivity index (χ0v) is 21.8. The summed E-state index contributed by atoms with van der Waals surface area (Å²) in [5.74, 6) is -0.940. The first-order chi connectivity index (χ1) is 17.5. The van der Waals surface area contributed by atoms with E-state index in [9.17, 15) is 18.8 Å². The van der Waals surface area contributed by atoms with Crippen molar-refractivity contribution in [3.63, 3.8) is 0 Å². The molecule has 0 atom stereocenters. The van der Waals surface area contributed by atoms with Crippen LogP contribution >= 0.6 is 11.3 Å². The Bertz CT molecular complexity index is 1450. The molecule has 0 fully saturated rings. The van der Waals surface area contributed by atoms with E-state index >= 15 is 0 Å². The van der Waals surface area contributed by atoms with Gasteiger partial charge >= 0.3 is 0 Å². The molecule has 0 saturated carbocycles. The van der Waals surface area contributed by atoms with E-state index in [4.69, 9.17) is 0 Å². The summed E-state index contributed by atoms with van der Waals surface area (Å²) >= 11 is 1.27. The highest BCUT2D eigenvalue weighted by Gasteiger charge is 2.21. The number of rotatable bonds is 7. The summed E-state index contributed by atoms with van der Waals surface area (Å²) in [5, 5.41) is 8.41. The number of imidazole rings is 1. The van der Waals surface area contributed by atoms with Crippen molar-refractivity contribution in [1.82, 2.24) is 20.0 Å². The second kappa shape index (κ2) is 10.5. The number of nitrogens with zero attached hydrogens (tertiary/aromatic N) is 2. The standard InChI is InChI=1S/C27H28FN5O3S/c1-16-22(37-26-32-21(15-33(16)26)17-5-9-19(28)10-6-17)24(35)30-14-13-29-23(34)18-7-11-20(12-8-18)31-25(36)27(2,3)4/h5-12,15H,13-14H2,1-4H3,(H,29,34)(H,30,35)(H,31,36). The van der Waals surface area contributed by atoms with Crippen LogP contribution in [0, 0.1) is 18.2 Å². The molecular formula is C27H28FN5O3S. The van der Waals surface area contributed by atoms with Crippen molar-refractivity contribution < 1.29 is 18.8 Å². The number of fused-ring (bicyclic) bond motifs is 1. The lowest BCUT2D eigenvalue weighted by Gasteiger charge is -2.17. The first kappa shape index (κ1) is 26.0. The summed E-state index contributed by atoms with van der Waals surface area (Å²) in [6.45, 7) is 7.82. The summed E-state index contributed by atoms with van der Waals surface area (Å²) in [6.07, 6.45) is 1.82. The smallest absolute Gasteiger partial charge is 0.263 e. The van der Waals surface area contributed by atoms with Crippen molar-refractivity contribution in [2.24, 2.45) is 5.41 Å². The van der Waals surface area contributed by atoms with Gasteiger partial charge in [-0.3, -0.25) is 18.8 Å². The number of halogens is 1. The normalized spacial score (nSPS) is 11.4. The molecule has 2 aromatic carbocycles. The zero-order chi connectivity index (χ0) is 26.7. The van der Waals surface area contributed by atoms with Crippen LogP contribution in [0.4, 0.5) is 10.1 Å². The molecule has 2 heterocycles. The van der Waals surface area contributed by atoms with Gasteiger partial charge in [-0.05, 0) is 55.5 Å². The van der Waals surface area contributed by atoms with Crippen molar-refractivity contribution >= 4 is 39.7 Å². The van der Waals surface area contributed by atoms with Crippen LogP contribution in [0.5, 0.6) is 0 Å². The van der Waals surface area contributed by atoms with Gasteiger partial charge in [-0.25, -0.2) is 9.37 Å². The Morgan fingerprint density at radius 1 is 0.946 bits per heavy atom. The van der Waals surface area contributed by atoms with Gasteiger partial charge in [0.25, 0.3) is 11.8 Å². The van der Waals surface area contributed by atoms with Crippen LogP contribution in [-0.4, -0.2) is 40.2 Å². The first-order valence-electron chi connectivity index (χ1n) is 11.8. The van der Waals surface area contributed by atoms with Crippen molar-refractivity contribution in [2.45, 2.75) is 27.7 Å². The van der Waals surface area contributed by atoms with E-state index in [0.29, 0.717) is 26.8 Å². The molecule has 8 nitrogen and oxygen atoms in total. The van der Waals surface area contributed by atoms with Crippen LogP contribution in [0.15, 0.2) is 54.7 Å². The molecule has 4 aromatic rings. The number of thiazole rings is 1. The van der Waals surface area contributed by atoms with Crippen molar-refractivity contribution in [3.05, 3.63) is 76.7 Å². The molecule has 0 radical (unpaired) electrons. The summed E-state index contributed by atoms with van der Waals surface area (Å²) in [6, 6.07) is 12.7. The number of hydrogen-bond acceptors (Lipinski definition) is 5. The number of aryl methyl sites for hydroxylation is 1. The average Bonchev–Trinajstić information content (AvgIpc) is 3.41. The molecular weight excluding hydrogens is 493 g/mol. The summed E-state index contributed by atoms with van der Waals surface area (Å²) in [4.78, 5) is 43.0. The van der Waals surface area contributed by atoms with Gasteiger partial charge in [0.15, 0.2) is 4.96 Å². The SMILES string of the molecule is Cc1c(C(=O)NCCNC(=O)c2ccc(NC(=O)C(C)(C)C)cc2)sc2nc(-c3ccc(F)cc3)cn12. The summed E-state index contributed by atoms with van der Waals surface area (Å²) in [7, 11) is 0. The monoisotopic (exact) mass is 521 g/mol. The molecule has 10 heteroatoms. The average molecular weight is 522 g/mol. The molecule has 0 bridgehead atoms. The zero-order valence-electron chi connectivity index (χ0n) is 21.0. The Hall–Kier alpha value is -4.05. The number of aromatic nitrogens is 2. The highest BCUT2D eigenvalue weighted by atomic mass is 32.1.